The molecule has 6 aromatic rings. The lowest BCUT2D eigenvalue weighted by Gasteiger charge is -2.25. The number of anilines is 1. The summed E-state index contributed by atoms with van der Waals surface area (Å²) >= 11 is 13.5. The number of hydrogen-bond donors (Lipinski definition) is 1. The highest BCUT2D eigenvalue weighted by atomic mass is 35.5. The van der Waals surface area contributed by atoms with Crippen molar-refractivity contribution in [3.8, 4) is 28.4 Å². The molecule has 0 saturated heterocycles. The van der Waals surface area contributed by atoms with Crippen LogP contribution >= 0.6 is 23.2 Å². The molecule has 1 aliphatic rings. The molecular formula is C45H46Cl2N4O6. The predicted octanol–water partition coefficient (Wildman–Crippen LogP) is 9.97. The number of aromatic carboxylic acids is 1. The van der Waals surface area contributed by atoms with E-state index in [9.17, 15) is 9.90 Å². The van der Waals surface area contributed by atoms with Crippen molar-refractivity contribution in [2.24, 2.45) is 7.05 Å². The van der Waals surface area contributed by atoms with Crippen LogP contribution in [0.5, 0.6) is 17.2 Å². The average molecular weight is 810 g/mol. The van der Waals surface area contributed by atoms with Gasteiger partial charge >= 0.3 is 5.97 Å². The summed E-state index contributed by atoms with van der Waals surface area (Å²) < 4.78 is 22.3. The lowest BCUT2D eigenvalue weighted by atomic mass is 9.98. The van der Waals surface area contributed by atoms with E-state index in [0.29, 0.717) is 67.5 Å². The topological polar surface area (TPSA) is 108 Å². The van der Waals surface area contributed by atoms with E-state index in [2.05, 4.69) is 4.57 Å². The molecule has 1 amide bonds. The number of aromatic nitrogens is 3. The Kier molecular flexibility index (Phi) is 11.6. The lowest BCUT2D eigenvalue weighted by Crippen LogP contribution is -2.32. The van der Waals surface area contributed by atoms with Crippen molar-refractivity contribution in [2.45, 2.75) is 59.9 Å². The molecule has 1 N–H and O–H groups in total. The number of amides is 1. The molecule has 0 bridgehead atoms. The zero-order valence-electron chi connectivity index (χ0n) is 33.0. The molecule has 10 nitrogen and oxygen atoms in total. The van der Waals surface area contributed by atoms with Crippen molar-refractivity contribution in [1.29, 1.82) is 0 Å². The van der Waals surface area contributed by atoms with Crippen LogP contribution in [0, 0.1) is 27.7 Å². The second-order valence-electron chi connectivity index (χ2n) is 14.5. The minimum Gasteiger partial charge on any atom is -0.494 e. The Morgan fingerprint density at radius 3 is 2.30 bits per heavy atom. The van der Waals surface area contributed by atoms with Crippen LogP contribution in [0.3, 0.4) is 0 Å². The van der Waals surface area contributed by atoms with Crippen LogP contribution in [0.15, 0.2) is 66.7 Å². The van der Waals surface area contributed by atoms with E-state index in [0.717, 1.165) is 66.4 Å². The minimum atomic E-state index is -1.14. The zero-order valence-corrected chi connectivity index (χ0v) is 34.6. The molecule has 0 radical (unpaired) electrons. The number of methoxy groups -OCH3 is 1. The van der Waals surface area contributed by atoms with Crippen LogP contribution in [0.2, 0.25) is 10.0 Å². The highest BCUT2D eigenvalue weighted by Crippen LogP contribution is 2.45. The summed E-state index contributed by atoms with van der Waals surface area (Å²) in [6, 6.07) is 20.6. The Labute approximate surface area is 342 Å². The summed E-state index contributed by atoms with van der Waals surface area (Å²) in [5, 5.41) is 17.1. The molecule has 0 fully saturated rings. The third kappa shape index (κ3) is 7.68. The molecule has 4 aromatic carbocycles. The molecular weight excluding hydrogens is 763 g/mol. The van der Waals surface area contributed by atoms with Gasteiger partial charge in [-0.25, -0.2) is 4.79 Å². The first-order chi connectivity index (χ1) is 27.4. The number of halogens is 2. The number of nitrogens with zero attached hydrogens (tertiary/aromatic N) is 4. The number of carbonyl (C=O) groups is 2. The first kappa shape index (κ1) is 39.8. The quantitative estimate of drug-likeness (QED) is 0.116. The van der Waals surface area contributed by atoms with Crippen molar-refractivity contribution in [3.63, 3.8) is 0 Å². The Hall–Kier alpha value is -5.45. The van der Waals surface area contributed by atoms with Crippen molar-refractivity contribution in [2.75, 3.05) is 31.8 Å². The van der Waals surface area contributed by atoms with E-state index >= 15 is 4.79 Å². The maximum atomic E-state index is 15.4. The molecule has 57 heavy (non-hydrogen) atoms. The SMILES string of the molecule is COc1cc(C(=O)O)cc(N2CCCn3c(c(CCCOc4cc(C)c(Cl)c(C)c4)c4ccc(Cl)c(-c5c(C)nn(C)c5C)c43)C2=O)c1OCCc1ccccc1. The third-order valence-corrected chi connectivity index (χ3v) is 11.7. The molecule has 12 heteroatoms. The van der Waals surface area contributed by atoms with Crippen LogP contribution in [-0.4, -0.2) is 58.2 Å². The van der Waals surface area contributed by atoms with Gasteiger partial charge in [-0.15, -0.1) is 0 Å². The maximum absolute atomic E-state index is 15.4. The number of carboxylic acids is 1. The smallest absolute Gasteiger partial charge is 0.335 e. The Balaban J connectivity index is 1.35. The maximum Gasteiger partial charge on any atom is 0.335 e. The van der Waals surface area contributed by atoms with E-state index in [1.807, 2.05) is 94.0 Å². The van der Waals surface area contributed by atoms with Gasteiger partial charge in [0.1, 0.15) is 11.4 Å². The molecule has 0 saturated carbocycles. The molecule has 0 aliphatic carbocycles. The molecule has 0 atom stereocenters. The van der Waals surface area contributed by atoms with Crippen molar-refractivity contribution in [3.05, 3.63) is 122 Å². The molecule has 0 unspecified atom stereocenters. The Bertz CT molecular complexity index is 2480. The fraction of sp³-hybridized carbons (Fsp3) is 0.311. The highest BCUT2D eigenvalue weighted by molar-refractivity contribution is 6.35. The number of carbonyl (C=O) groups excluding carboxylic acids is 1. The van der Waals surface area contributed by atoms with Gasteiger partial charge in [0, 0.05) is 53.8 Å². The molecule has 7 rings (SSSR count). The predicted molar refractivity (Wildman–Crippen MR) is 225 cm³/mol. The second kappa shape index (κ2) is 16.6. The van der Waals surface area contributed by atoms with Gasteiger partial charge in [0.15, 0.2) is 11.5 Å². The van der Waals surface area contributed by atoms with Gasteiger partial charge in [-0.2, -0.15) is 5.10 Å². The fourth-order valence-corrected chi connectivity index (χ4v) is 8.34. The zero-order chi connectivity index (χ0) is 40.5. The van der Waals surface area contributed by atoms with Crippen LogP contribution in [0.4, 0.5) is 5.69 Å². The molecule has 296 valence electrons. The average Bonchev–Trinajstić information content (AvgIpc) is 3.56. The first-order valence-corrected chi connectivity index (χ1v) is 19.8. The van der Waals surface area contributed by atoms with Crippen LogP contribution < -0.4 is 19.1 Å². The van der Waals surface area contributed by atoms with Gasteiger partial charge in [0.2, 0.25) is 0 Å². The molecule has 2 aromatic heterocycles. The number of aryl methyl sites for hydroxylation is 6. The first-order valence-electron chi connectivity index (χ1n) is 19.1. The van der Waals surface area contributed by atoms with E-state index in [4.69, 9.17) is 42.5 Å². The van der Waals surface area contributed by atoms with Crippen molar-refractivity contribution < 1.29 is 28.9 Å². The van der Waals surface area contributed by atoms with E-state index in [1.165, 1.54) is 19.2 Å². The molecule has 3 heterocycles. The number of fused-ring (bicyclic) bond motifs is 3. The largest absolute Gasteiger partial charge is 0.494 e. The molecule has 1 aliphatic heterocycles. The highest BCUT2D eigenvalue weighted by Gasteiger charge is 2.34. The normalized spacial score (nSPS) is 12.8. The minimum absolute atomic E-state index is 0.0171. The standard InChI is InChI=1S/C45H46Cl2N4O6/c1-26-22-32(23-27(2)40(26)47)56-20-10-14-33-34-15-16-35(46)39(38-28(3)48-49(5)29(38)4)41(34)51-19-11-18-50(44(52)42(33)51)36-24-31(45(53)54)25-37(55-6)43(36)57-21-17-30-12-8-7-9-13-30/h7-9,12-13,15-16,22-25H,10-11,14,17-21H2,1-6H3,(H,53,54). The third-order valence-electron chi connectivity index (χ3n) is 10.8. The van der Waals surface area contributed by atoms with Crippen LogP contribution in [0.25, 0.3) is 22.0 Å². The van der Waals surface area contributed by atoms with Gasteiger partial charge in [0.25, 0.3) is 5.91 Å². The fourth-order valence-electron chi connectivity index (χ4n) is 7.99. The summed E-state index contributed by atoms with van der Waals surface area (Å²) in [4.78, 5) is 29.5. The number of rotatable bonds is 13. The summed E-state index contributed by atoms with van der Waals surface area (Å²) in [7, 11) is 3.38. The van der Waals surface area contributed by atoms with Crippen LogP contribution in [0.1, 0.15) is 67.3 Å². The summed E-state index contributed by atoms with van der Waals surface area (Å²) in [5.41, 5.74) is 9.07. The van der Waals surface area contributed by atoms with Gasteiger partial charge in [-0.1, -0.05) is 59.6 Å². The lowest BCUT2D eigenvalue weighted by molar-refractivity contribution is 0.0696. The van der Waals surface area contributed by atoms with E-state index in [1.54, 1.807) is 4.90 Å². The van der Waals surface area contributed by atoms with Gasteiger partial charge in [-0.3, -0.25) is 9.48 Å². The summed E-state index contributed by atoms with van der Waals surface area (Å²) in [6.07, 6.45) is 2.30. The number of benzene rings is 4. The van der Waals surface area contributed by atoms with Gasteiger partial charge in [-0.05, 0) is 99.5 Å². The number of hydrogen-bond acceptors (Lipinski definition) is 6. The van der Waals surface area contributed by atoms with Gasteiger partial charge in [0.05, 0.1) is 47.8 Å². The molecule has 0 spiro atoms. The van der Waals surface area contributed by atoms with Crippen molar-refractivity contribution in [1.82, 2.24) is 14.3 Å². The second-order valence-corrected chi connectivity index (χ2v) is 15.3. The van der Waals surface area contributed by atoms with E-state index in [-0.39, 0.29) is 23.8 Å². The Morgan fingerprint density at radius 1 is 0.895 bits per heavy atom. The van der Waals surface area contributed by atoms with E-state index < -0.39 is 5.97 Å². The van der Waals surface area contributed by atoms with Crippen LogP contribution in [-0.2, 0) is 26.4 Å². The van der Waals surface area contributed by atoms with Gasteiger partial charge < -0.3 is 28.8 Å². The number of carboxylic acid groups (broad SMARTS) is 1. The number of ether oxygens (including phenoxy) is 3. The monoisotopic (exact) mass is 808 g/mol. The summed E-state index contributed by atoms with van der Waals surface area (Å²) in [6.45, 7) is 9.41. The van der Waals surface area contributed by atoms with Crippen molar-refractivity contribution >= 4 is 51.7 Å². The summed E-state index contributed by atoms with van der Waals surface area (Å²) in [5.74, 6) is -0.138. The Morgan fingerprint density at radius 2 is 1.63 bits per heavy atom.